The number of nitrogens with zero attached hydrogens (tertiary/aromatic N) is 1. The van der Waals surface area contributed by atoms with E-state index in [1.54, 1.807) is 12.1 Å². The second kappa shape index (κ2) is 7.14. The van der Waals surface area contributed by atoms with Crippen molar-refractivity contribution in [3.8, 4) is 0 Å². The molecular formula is C12H18ClN3O. The molecule has 0 atom stereocenters. The van der Waals surface area contributed by atoms with Gasteiger partial charge in [-0.3, -0.25) is 0 Å². The molecule has 1 aromatic rings. The minimum absolute atomic E-state index is 0.0670. The van der Waals surface area contributed by atoms with Gasteiger partial charge in [-0.15, -0.1) is 0 Å². The van der Waals surface area contributed by atoms with Crippen LogP contribution in [0.25, 0.3) is 0 Å². The fraction of sp³-hybridized carbons (Fsp3) is 0.417. The molecule has 0 radical (unpaired) electrons. The van der Waals surface area contributed by atoms with Crippen LogP contribution in [0, 0.1) is 0 Å². The molecule has 0 amide bonds. The van der Waals surface area contributed by atoms with Crippen molar-refractivity contribution in [3.63, 3.8) is 0 Å². The Morgan fingerprint density at radius 1 is 1.53 bits per heavy atom. The Morgan fingerprint density at radius 3 is 2.88 bits per heavy atom. The van der Waals surface area contributed by atoms with Gasteiger partial charge in [0, 0.05) is 17.1 Å². The van der Waals surface area contributed by atoms with E-state index >= 15 is 0 Å². The van der Waals surface area contributed by atoms with E-state index in [2.05, 4.69) is 17.4 Å². The molecule has 4 N–H and O–H groups in total. The molecule has 5 heteroatoms. The Labute approximate surface area is 106 Å². The van der Waals surface area contributed by atoms with Crippen LogP contribution in [0.4, 0.5) is 0 Å². The van der Waals surface area contributed by atoms with Crippen molar-refractivity contribution in [2.24, 2.45) is 10.9 Å². The van der Waals surface area contributed by atoms with Crippen molar-refractivity contribution in [1.29, 1.82) is 0 Å². The molecule has 0 fully saturated rings. The SMILES string of the molecule is CCCCNCc1ccc(/C(N)=N/O)cc1Cl. The normalized spacial score (nSPS) is 11.8. The second-order valence-electron chi connectivity index (χ2n) is 3.82. The van der Waals surface area contributed by atoms with Crippen LogP contribution in [0.1, 0.15) is 30.9 Å². The zero-order chi connectivity index (χ0) is 12.7. The lowest BCUT2D eigenvalue weighted by atomic mass is 10.1. The number of benzene rings is 1. The first-order valence-electron chi connectivity index (χ1n) is 5.66. The number of nitrogens with one attached hydrogen (secondary N) is 1. The molecule has 0 aliphatic carbocycles. The van der Waals surface area contributed by atoms with Crippen molar-refractivity contribution in [3.05, 3.63) is 34.3 Å². The zero-order valence-corrected chi connectivity index (χ0v) is 10.7. The van der Waals surface area contributed by atoms with E-state index in [4.69, 9.17) is 22.5 Å². The molecule has 0 unspecified atom stereocenters. The van der Waals surface area contributed by atoms with Crippen molar-refractivity contribution in [1.82, 2.24) is 5.32 Å². The van der Waals surface area contributed by atoms with Crippen LogP contribution in [0.15, 0.2) is 23.4 Å². The zero-order valence-electron chi connectivity index (χ0n) is 9.91. The van der Waals surface area contributed by atoms with E-state index in [1.807, 2.05) is 6.07 Å². The maximum atomic E-state index is 8.56. The molecule has 0 aromatic heterocycles. The van der Waals surface area contributed by atoms with Crippen molar-refractivity contribution >= 4 is 17.4 Å². The maximum absolute atomic E-state index is 8.56. The Kier molecular flexibility index (Phi) is 5.80. The Hall–Kier alpha value is -1.26. The molecule has 1 aromatic carbocycles. The predicted molar refractivity (Wildman–Crippen MR) is 70.6 cm³/mol. The molecule has 0 aliphatic rings. The smallest absolute Gasteiger partial charge is 0.170 e. The molecular weight excluding hydrogens is 238 g/mol. The first-order valence-corrected chi connectivity index (χ1v) is 6.04. The van der Waals surface area contributed by atoms with Gasteiger partial charge < -0.3 is 16.3 Å². The van der Waals surface area contributed by atoms with Crippen LogP contribution in [0.5, 0.6) is 0 Å². The first kappa shape index (κ1) is 13.8. The molecule has 0 aliphatic heterocycles. The van der Waals surface area contributed by atoms with Gasteiger partial charge in [0.15, 0.2) is 5.84 Å². The van der Waals surface area contributed by atoms with Crippen molar-refractivity contribution in [2.75, 3.05) is 6.54 Å². The van der Waals surface area contributed by atoms with Gasteiger partial charge in [-0.25, -0.2) is 0 Å². The van der Waals surface area contributed by atoms with Crippen molar-refractivity contribution in [2.45, 2.75) is 26.3 Å². The summed E-state index contributed by atoms with van der Waals surface area (Å²) in [4.78, 5) is 0. The first-order chi connectivity index (χ1) is 8.19. The highest BCUT2D eigenvalue weighted by atomic mass is 35.5. The third-order valence-electron chi connectivity index (χ3n) is 2.48. The summed E-state index contributed by atoms with van der Waals surface area (Å²) >= 11 is 6.11. The number of amidine groups is 1. The Balaban J connectivity index is 2.63. The standard InChI is InChI=1S/C12H18ClN3O/c1-2-3-6-15-8-10-5-4-9(7-11(10)13)12(14)16-17/h4-5,7,15,17H,2-3,6,8H2,1H3,(H2,14,16). The summed E-state index contributed by atoms with van der Waals surface area (Å²) in [6.07, 6.45) is 2.32. The third kappa shape index (κ3) is 4.24. The van der Waals surface area contributed by atoms with Gasteiger partial charge in [0.2, 0.25) is 0 Å². The van der Waals surface area contributed by atoms with Gasteiger partial charge in [-0.1, -0.05) is 42.2 Å². The van der Waals surface area contributed by atoms with Gasteiger partial charge in [0.25, 0.3) is 0 Å². The monoisotopic (exact) mass is 255 g/mol. The van der Waals surface area contributed by atoms with Crippen LogP contribution in [0.3, 0.4) is 0 Å². The summed E-state index contributed by atoms with van der Waals surface area (Å²) in [5.74, 6) is 0.0670. The highest BCUT2D eigenvalue weighted by molar-refractivity contribution is 6.31. The molecule has 94 valence electrons. The second-order valence-corrected chi connectivity index (χ2v) is 4.23. The molecule has 4 nitrogen and oxygen atoms in total. The fourth-order valence-electron chi connectivity index (χ4n) is 1.43. The number of hydrogen-bond donors (Lipinski definition) is 3. The Morgan fingerprint density at radius 2 is 2.29 bits per heavy atom. The van der Waals surface area contributed by atoms with Crippen LogP contribution in [0.2, 0.25) is 5.02 Å². The number of halogens is 1. The summed E-state index contributed by atoms with van der Waals surface area (Å²) in [5, 5.41) is 15.4. The number of hydrogen-bond acceptors (Lipinski definition) is 3. The predicted octanol–water partition coefficient (Wildman–Crippen LogP) is 2.32. The summed E-state index contributed by atoms with van der Waals surface area (Å²) in [6.45, 7) is 3.87. The number of nitrogens with two attached hydrogens (primary N) is 1. The topological polar surface area (TPSA) is 70.6 Å². The molecule has 0 saturated carbocycles. The van der Waals surface area contributed by atoms with E-state index in [0.29, 0.717) is 10.6 Å². The number of unbranched alkanes of at least 4 members (excludes halogenated alkanes) is 1. The lowest BCUT2D eigenvalue weighted by Gasteiger charge is -2.07. The van der Waals surface area contributed by atoms with E-state index in [0.717, 1.165) is 25.1 Å². The van der Waals surface area contributed by atoms with Crippen molar-refractivity contribution < 1.29 is 5.21 Å². The van der Waals surface area contributed by atoms with Crippen LogP contribution in [-0.4, -0.2) is 17.6 Å². The van der Waals surface area contributed by atoms with E-state index in [9.17, 15) is 0 Å². The van der Waals surface area contributed by atoms with E-state index < -0.39 is 0 Å². The minimum Gasteiger partial charge on any atom is -0.409 e. The van der Waals surface area contributed by atoms with Gasteiger partial charge in [0.1, 0.15) is 0 Å². The largest absolute Gasteiger partial charge is 0.409 e. The third-order valence-corrected chi connectivity index (χ3v) is 2.83. The quantitative estimate of drug-likeness (QED) is 0.240. The molecule has 0 saturated heterocycles. The number of rotatable bonds is 6. The highest BCUT2D eigenvalue weighted by Crippen LogP contribution is 2.17. The lowest BCUT2D eigenvalue weighted by Crippen LogP contribution is -2.16. The molecule has 0 spiro atoms. The summed E-state index contributed by atoms with van der Waals surface area (Å²) < 4.78 is 0. The van der Waals surface area contributed by atoms with Gasteiger partial charge >= 0.3 is 0 Å². The summed E-state index contributed by atoms with van der Waals surface area (Å²) in [5.41, 5.74) is 7.11. The van der Waals surface area contributed by atoms with Crippen LogP contribution in [-0.2, 0) is 6.54 Å². The number of oxime groups is 1. The average molecular weight is 256 g/mol. The minimum atomic E-state index is 0.0670. The highest BCUT2D eigenvalue weighted by Gasteiger charge is 2.04. The summed E-state index contributed by atoms with van der Waals surface area (Å²) in [6, 6.07) is 5.37. The van der Waals surface area contributed by atoms with E-state index in [-0.39, 0.29) is 5.84 Å². The van der Waals surface area contributed by atoms with E-state index in [1.165, 1.54) is 6.42 Å². The van der Waals surface area contributed by atoms with Crippen LogP contribution >= 0.6 is 11.6 Å². The van der Waals surface area contributed by atoms with Gasteiger partial charge in [0.05, 0.1) is 0 Å². The van der Waals surface area contributed by atoms with Crippen LogP contribution < -0.4 is 11.1 Å². The molecule has 0 bridgehead atoms. The Bertz CT molecular complexity index is 393. The fourth-order valence-corrected chi connectivity index (χ4v) is 1.68. The molecule has 0 heterocycles. The van der Waals surface area contributed by atoms with Gasteiger partial charge in [-0.05, 0) is 24.6 Å². The van der Waals surface area contributed by atoms with Gasteiger partial charge in [-0.2, -0.15) is 0 Å². The average Bonchev–Trinajstić information content (AvgIpc) is 2.35. The summed E-state index contributed by atoms with van der Waals surface area (Å²) in [7, 11) is 0. The molecule has 1 rings (SSSR count). The molecule has 17 heavy (non-hydrogen) atoms. The maximum Gasteiger partial charge on any atom is 0.170 e. The lowest BCUT2D eigenvalue weighted by molar-refractivity contribution is 0.318.